The van der Waals surface area contributed by atoms with E-state index < -0.39 is 5.60 Å². The van der Waals surface area contributed by atoms with Gasteiger partial charge in [0.05, 0.1) is 12.2 Å². The highest BCUT2D eigenvalue weighted by molar-refractivity contribution is 5.90. The van der Waals surface area contributed by atoms with Crippen LogP contribution in [0.3, 0.4) is 0 Å². The van der Waals surface area contributed by atoms with E-state index in [0.29, 0.717) is 17.3 Å². The molecule has 4 aliphatic carbocycles. The SMILES string of the molecule is CC(=O)[C@@]12O[C@@H]1C[C@@H]1[C@@H]3CC[C@H]4C[C@H](O)CC[C@]4(C)[C@@H]3CC[C@@]12C. The van der Waals surface area contributed by atoms with Gasteiger partial charge in [-0.2, -0.15) is 0 Å². The molecular formula is C21H32O3. The zero-order chi connectivity index (χ0) is 16.9. The number of carbonyl (C=O) groups is 1. The van der Waals surface area contributed by atoms with Gasteiger partial charge in [0.25, 0.3) is 0 Å². The number of ketones is 1. The van der Waals surface area contributed by atoms with Crippen LogP contribution in [0.4, 0.5) is 0 Å². The number of rotatable bonds is 1. The Morgan fingerprint density at radius 1 is 1.04 bits per heavy atom. The van der Waals surface area contributed by atoms with Crippen LogP contribution < -0.4 is 0 Å². The van der Waals surface area contributed by atoms with E-state index in [4.69, 9.17) is 4.74 Å². The Labute approximate surface area is 145 Å². The molecule has 1 aliphatic heterocycles. The highest BCUT2D eigenvalue weighted by Gasteiger charge is 2.79. The lowest BCUT2D eigenvalue weighted by molar-refractivity contribution is -0.151. The van der Waals surface area contributed by atoms with Gasteiger partial charge in [0.15, 0.2) is 11.4 Å². The molecule has 0 aromatic rings. The first kappa shape index (κ1) is 15.8. The molecule has 3 heteroatoms. The highest BCUT2D eigenvalue weighted by atomic mass is 16.6. The molecule has 0 aromatic heterocycles. The van der Waals surface area contributed by atoms with Crippen molar-refractivity contribution in [3.8, 4) is 0 Å². The van der Waals surface area contributed by atoms with Gasteiger partial charge in [-0.05, 0) is 87.4 Å². The number of ether oxygens (including phenoxy) is 1. The molecule has 1 heterocycles. The molecule has 134 valence electrons. The summed E-state index contributed by atoms with van der Waals surface area (Å²) < 4.78 is 6.02. The highest BCUT2D eigenvalue weighted by Crippen LogP contribution is 2.73. The maximum Gasteiger partial charge on any atom is 0.164 e. The Balaban J connectivity index is 1.47. The van der Waals surface area contributed by atoms with Gasteiger partial charge in [-0.1, -0.05) is 13.8 Å². The van der Waals surface area contributed by atoms with Gasteiger partial charge in [-0.3, -0.25) is 4.79 Å². The first-order chi connectivity index (χ1) is 11.3. The minimum atomic E-state index is -0.427. The summed E-state index contributed by atoms with van der Waals surface area (Å²) in [6.07, 6.45) is 9.45. The zero-order valence-corrected chi connectivity index (χ0v) is 15.4. The molecule has 0 radical (unpaired) electrons. The first-order valence-electron chi connectivity index (χ1n) is 10.2. The minimum absolute atomic E-state index is 0.0676. The molecule has 5 fully saturated rings. The van der Waals surface area contributed by atoms with Crippen molar-refractivity contribution in [2.24, 2.45) is 34.5 Å². The monoisotopic (exact) mass is 332 g/mol. The van der Waals surface area contributed by atoms with Gasteiger partial charge in [-0.25, -0.2) is 0 Å². The van der Waals surface area contributed by atoms with Crippen molar-refractivity contribution >= 4 is 5.78 Å². The van der Waals surface area contributed by atoms with Crippen LogP contribution in [0.15, 0.2) is 0 Å². The van der Waals surface area contributed by atoms with Crippen LogP contribution in [0.1, 0.15) is 72.1 Å². The van der Waals surface area contributed by atoms with Crippen molar-refractivity contribution in [3.05, 3.63) is 0 Å². The van der Waals surface area contributed by atoms with Crippen molar-refractivity contribution in [2.45, 2.75) is 89.9 Å². The molecule has 24 heavy (non-hydrogen) atoms. The van der Waals surface area contributed by atoms with Gasteiger partial charge < -0.3 is 9.84 Å². The first-order valence-corrected chi connectivity index (χ1v) is 10.2. The smallest absolute Gasteiger partial charge is 0.164 e. The zero-order valence-electron chi connectivity index (χ0n) is 15.4. The summed E-state index contributed by atoms with van der Waals surface area (Å²) in [5.41, 5.74) is 0.0612. The van der Waals surface area contributed by atoms with Crippen molar-refractivity contribution in [2.75, 3.05) is 0 Å². The number of carbonyl (C=O) groups excluding carboxylic acids is 1. The van der Waals surface area contributed by atoms with E-state index in [1.807, 2.05) is 0 Å². The Kier molecular flexibility index (Phi) is 3.06. The third-order valence-corrected chi connectivity index (χ3v) is 9.59. The lowest BCUT2D eigenvalue weighted by Gasteiger charge is -2.61. The molecule has 1 N–H and O–H groups in total. The molecule has 0 unspecified atom stereocenters. The van der Waals surface area contributed by atoms with Crippen molar-refractivity contribution in [1.29, 1.82) is 0 Å². The van der Waals surface area contributed by atoms with Crippen molar-refractivity contribution in [1.82, 2.24) is 0 Å². The van der Waals surface area contributed by atoms with Crippen LogP contribution >= 0.6 is 0 Å². The summed E-state index contributed by atoms with van der Waals surface area (Å²) in [6.45, 7) is 6.64. The average molecular weight is 332 g/mol. The average Bonchev–Trinajstić information content (AvgIpc) is 3.21. The van der Waals surface area contributed by atoms with E-state index in [0.717, 1.165) is 37.5 Å². The normalized spacial score (nSPS) is 61.3. The quantitative estimate of drug-likeness (QED) is 0.745. The lowest BCUT2D eigenvalue weighted by Crippen LogP contribution is -2.56. The van der Waals surface area contributed by atoms with Gasteiger partial charge in [0.1, 0.15) is 0 Å². The number of aliphatic hydroxyl groups is 1. The molecule has 4 saturated carbocycles. The molecule has 0 aromatic carbocycles. The molecule has 1 saturated heterocycles. The minimum Gasteiger partial charge on any atom is -0.393 e. The maximum absolute atomic E-state index is 12.4. The maximum atomic E-state index is 12.4. The molecular weight excluding hydrogens is 300 g/mol. The van der Waals surface area contributed by atoms with Crippen LogP contribution in [-0.2, 0) is 9.53 Å². The summed E-state index contributed by atoms with van der Waals surface area (Å²) in [6, 6.07) is 0. The van der Waals surface area contributed by atoms with E-state index >= 15 is 0 Å². The largest absolute Gasteiger partial charge is 0.393 e. The Bertz CT molecular complexity index is 588. The molecule has 0 bridgehead atoms. The number of hydrogen-bond acceptors (Lipinski definition) is 3. The number of hydrogen-bond donors (Lipinski definition) is 1. The molecule has 9 atom stereocenters. The van der Waals surface area contributed by atoms with Crippen LogP contribution in [-0.4, -0.2) is 28.7 Å². The Morgan fingerprint density at radius 2 is 1.83 bits per heavy atom. The third-order valence-electron chi connectivity index (χ3n) is 9.59. The third kappa shape index (κ3) is 1.65. The van der Waals surface area contributed by atoms with E-state index in [2.05, 4.69) is 13.8 Å². The van der Waals surface area contributed by atoms with E-state index in [1.54, 1.807) is 6.92 Å². The fourth-order valence-electron chi connectivity index (χ4n) is 8.30. The number of epoxide rings is 1. The van der Waals surface area contributed by atoms with Crippen LogP contribution in [0.5, 0.6) is 0 Å². The summed E-state index contributed by atoms with van der Waals surface area (Å²) >= 11 is 0. The number of fused-ring (bicyclic) bond motifs is 7. The second-order valence-corrected chi connectivity index (χ2v) is 10.2. The molecule has 5 aliphatic rings. The van der Waals surface area contributed by atoms with Crippen LogP contribution in [0.2, 0.25) is 0 Å². The van der Waals surface area contributed by atoms with Crippen LogP contribution in [0, 0.1) is 34.5 Å². The summed E-state index contributed by atoms with van der Waals surface area (Å²) in [5.74, 6) is 3.22. The second-order valence-electron chi connectivity index (χ2n) is 10.2. The van der Waals surface area contributed by atoms with E-state index in [9.17, 15) is 9.90 Å². The van der Waals surface area contributed by atoms with Gasteiger partial charge in [-0.15, -0.1) is 0 Å². The van der Waals surface area contributed by atoms with Gasteiger partial charge in [0.2, 0.25) is 0 Å². The fraction of sp³-hybridized carbons (Fsp3) is 0.952. The summed E-state index contributed by atoms with van der Waals surface area (Å²) in [5, 5.41) is 10.1. The van der Waals surface area contributed by atoms with Gasteiger partial charge >= 0.3 is 0 Å². The van der Waals surface area contributed by atoms with Crippen LogP contribution in [0.25, 0.3) is 0 Å². The van der Waals surface area contributed by atoms with Gasteiger partial charge in [0, 0.05) is 5.41 Å². The Hall–Kier alpha value is -0.410. The van der Waals surface area contributed by atoms with E-state index in [1.165, 1.54) is 25.7 Å². The predicted octanol–water partition coefficient (Wildman–Crippen LogP) is 3.73. The summed E-state index contributed by atoms with van der Waals surface area (Å²) in [4.78, 5) is 12.4. The lowest BCUT2D eigenvalue weighted by atomic mass is 9.44. The fourth-order valence-corrected chi connectivity index (χ4v) is 8.30. The van der Waals surface area contributed by atoms with Crippen molar-refractivity contribution < 1.29 is 14.6 Å². The standard InChI is InChI=1S/C21H32O3/c1-12(22)21-18(24-21)11-17-15-5-4-13-10-14(23)6-8-19(13,2)16(15)7-9-20(17,21)3/h13-18,23H,4-11H2,1-3H3/t13-,14+,15+,16+,17+,18+,19-,20-,21+/m0/s1. The Morgan fingerprint density at radius 3 is 2.58 bits per heavy atom. The van der Waals surface area contributed by atoms with Crippen molar-refractivity contribution in [3.63, 3.8) is 0 Å². The molecule has 3 nitrogen and oxygen atoms in total. The molecule has 0 amide bonds. The second kappa shape index (κ2) is 4.65. The molecule has 5 rings (SSSR count). The number of aliphatic hydroxyl groups excluding tert-OH is 1. The summed E-state index contributed by atoms with van der Waals surface area (Å²) in [7, 11) is 0. The topological polar surface area (TPSA) is 49.8 Å². The number of Topliss-reactive ketones (excluding diaryl/α,β-unsaturated/α-hetero) is 1. The van der Waals surface area contributed by atoms with E-state index in [-0.39, 0.29) is 23.4 Å². The molecule has 0 spiro atoms. The predicted molar refractivity (Wildman–Crippen MR) is 91.4 cm³/mol.